The smallest absolute Gasteiger partial charge is 0.227 e. The van der Waals surface area contributed by atoms with Gasteiger partial charge in [-0.2, -0.15) is 5.10 Å². The maximum Gasteiger partial charge on any atom is 0.227 e. The van der Waals surface area contributed by atoms with Crippen LogP contribution in [0.15, 0.2) is 29.1 Å². The van der Waals surface area contributed by atoms with E-state index in [1.165, 1.54) is 11.9 Å². The van der Waals surface area contributed by atoms with E-state index >= 15 is 0 Å². The summed E-state index contributed by atoms with van der Waals surface area (Å²) in [5.41, 5.74) is 3.85. The fourth-order valence-corrected chi connectivity index (χ4v) is 3.86. The topological polar surface area (TPSA) is 75.9 Å². The minimum Gasteiger partial charge on any atom is -0.339 e. The van der Waals surface area contributed by atoms with Gasteiger partial charge < -0.3 is 10.2 Å². The molecule has 0 spiro atoms. The van der Waals surface area contributed by atoms with Gasteiger partial charge in [0.2, 0.25) is 5.91 Å². The van der Waals surface area contributed by atoms with E-state index in [-0.39, 0.29) is 5.91 Å². The van der Waals surface area contributed by atoms with Crippen molar-refractivity contribution in [3.05, 3.63) is 34.7 Å². The van der Waals surface area contributed by atoms with Crippen LogP contribution in [0.4, 0.5) is 17.2 Å². The van der Waals surface area contributed by atoms with Gasteiger partial charge >= 0.3 is 0 Å². The van der Waals surface area contributed by atoms with E-state index < -0.39 is 0 Å². The molecule has 1 aliphatic rings. The van der Waals surface area contributed by atoms with Crippen LogP contribution in [0.1, 0.15) is 18.9 Å². The van der Waals surface area contributed by atoms with Gasteiger partial charge in [-0.15, -0.1) is 0 Å². The first-order chi connectivity index (χ1) is 12.1. The molecule has 0 fully saturated rings. The second kappa shape index (κ2) is 6.11. The van der Waals surface area contributed by atoms with E-state index in [1.807, 2.05) is 31.0 Å². The van der Waals surface area contributed by atoms with E-state index in [9.17, 15) is 4.79 Å². The highest BCUT2D eigenvalue weighted by Gasteiger charge is 2.23. The lowest BCUT2D eigenvalue weighted by molar-refractivity contribution is -0.118. The number of aryl methyl sites for hydroxylation is 2. The van der Waals surface area contributed by atoms with Crippen LogP contribution in [0.25, 0.3) is 11.0 Å². The Morgan fingerprint density at radius 3 is 2.92 bits per heavy atom. The average molecular weight is 401 g/mol. The third-order valence-electron chi connectivity index (χ3n) is 4.44. The van der Waals surface area contributed by atoms with Crippen molar-refractivity contribution in [2.24, 2.45) is 7.05 Å². The molecule has 0 radical (unpaired) electrons. The van der Waals surface area contributed by atoms with Crippen molar-refractivity contribution in [2.45, 2.75) is 19.8 Å². The monoisotopic (exact) mass is 400 g/mol. The van der Waals surface area contributed by atoms with Gasteiger partial charge in [-0.25, -0.2) is 14.6 Å². The van der Waals surface area contributed by atoms with Crippen LogP contribution < -0.4 is 10.2 Å². The first-order valence-electron chi connectivity index (χ1n) is 8.12. The molecule has 128 valence electrons. The number of hydrogen-bond donors (Lipinski definition) is 1. The van der Waals surface area contributed by atoms with Crippen LogP contribution >= 0.6 is 15.9 Å². The summed E-state index contributed by atoms with van der Waals surface area (Å²) < 4.78 is 2.41. The zero-order valence-corrected chi connectivity index (χ0v) is 15.5. The number of anilines is 3. The number of rotatable bonds is 3. The molecule has 1 amide bonds. The molecule has 7 nitrogen and oxygen atoms in total. The summed E-state index contributed by atoms with van der Waals surface area (Å²) in [6, 6.07) is 6.05. The average Bonchev–Trinajstić information content (AvgIpc) is 2.90. The number of carbonyl (C=O) groups is 1. The molecule has 25 heavy (non-hydrogen) atoms. The van der Waals surface area contributed by atoms with E-state index in [2.05, 4.69) is 42.4 Å². The Hall–Kier alpha value is -2.48. The molecule has 3 heterocycles. The number of aromatic nitrogens is 4. The number of fused-ring (bicyclic) bond motifs is 2. The highest BCUT2D eigenvalue weighted by Crippen LogP contribution is 2.33. The number of carbonyl (C=O) groups excluding carboxylic acids is 1. The summed E-state index contributed by atoms with van der Waals surface area (Å²) in [6.07, 6.45) is 2.83. The Kier molecular flexibility index (Phi) is 3.91. The fourth-order valence-electron chi connectivity index (χ4n) is 3.26. The first kappa shape index (κ1) is 16.0. The number of nitrogens with zero attached hydrogens (tertiary/aromatic N) is 5. The number of nitrogens with one attached hydrogen (secondary N) is 1. The lowest BCUT2D eigenvalue weighted by atomic mass is 10.0. The van der Waals surface area contributed by atoms with Gasteiger partial charge in [-0.1, -0.05) is 0 Å². The number of halogens is 1. The highest BCUT2D eigenvalue weighted by atomic mass is 79.9. The third-order valence-corrected chi connectivity index (χ3v) is 4.99. The van der Waals surface area contributed by atoms with Crippen LogP contribution in [-0.4, -0.2) is 32.2 Å². The second-order valence-electron chi connectivity index (χ2n) is 5.94. The summed E-state index contributed by atoms with van der Waals surface area (Å²) in [5.74, 6) is 0.886. The third kappa shape index (κ3) is 2.66. The molecule has 1 aliphatic heterocycles. The molecule has 1 aromatic carbocycles. The molecule has 4 rings (SSSR count). The second-order valence-corrected chi connectivity index (χ2v) is 6.69. The van der Waals surface area contributed by atoms with Gasteiger partial charge in [0.05, 0.1) is 5.39 Å². The van der Waals surface area contributed by atoms with E-state index in [1.54, 1.807) is 4.68 Å². The van der Waals surface area contributed by atoms with Gasteiger partial charge in [-0.3, -0.25) is 4.79 Å². The lowest BCUT2D eigenvalue weighted by Gasteiger charge is -2.28. The minimum absolute atomic E-state index is 0.188. The molecule has 0 saturated heterocycles. The van der Waals surface area contributed by atoms with Crippen molar-refractivity contribution in [2.75, 3.05) is 16.8 Å². The van der Waals surface area contributed by atoms with Gasteiger partial charge in [-0.05, 0) is 53.0 Å². The summed E-state index contributed by atoms with van der Waals surface area (Å²) >= 11 is 3.47. The molecule has 8 heteroatoms. The summed E-state index contributed by atoms with van der Waals surface area (Å²) in [4.78, 5) is 22.5. The Morgan fingerprint density at radius 2 is 2.12 bits per heavy atom. The lowest BCUT2D eigenvalue weighted by Crippen LogP contribution is -2.34. The van der Waals surface area contributed by atoms with Gasteiger partial charge in [0, 0.05) is 31.4 Å². The van der Waals surface area contributed by atoms with Crippen LogP contribution in [0.2, 0.25) is 0 Å². The maximum absolute atomic E-state index is 12.0. The van der Waals surface area contributed by atoms with Crippen LogP contribution in [0.5, 0.6) is 0 Å². The maximum atomic E-state index is 12.0. The molecule has 1 N–H and O–H groups in total. The van der Waals surface area contributed by atoms with Crippen molar-refractivity contribution in [1.29, 1.82) is 0 Å². The molecular weight excluding hydrogens is 384 g/mol. The van der Waals surface area contributed by atoms with Crippen molar-refractivity contribution >= 4 is 50.1 Å². The summed E-state index contributed by atoms with van der Waals surface area (Å²) in [6.45, 7) is 2.69. The largest absolute Gasteiger partial charge is 0.339 e. The molecular formula is C17H17BrN6O. The normalized spacial score (nSPS) is 14.0. The predicted molar refractivity (Wildman–Crippen MR) is 100 cm³/mol. The Balaban J connectivity index is 1.72. The predicted octanol–water partition coefficient (Wildman–Crippen LogP) is 3.17. The van der Waals surface area contributed by atoms with Crippen LogP contribution in [0, 0.1) is 0 Å². The molecule has 0 unspecified atom stereocenters. The zero-order chi connectivity index (χ0) is 17.6. The van der Waals surface area contributed by atoms with Gasteiger partial charge in [0.25, 0.3) is 0 Å². The van der Waals surface area contributed by atoms with Crippen molar-refractivity contribution < 1.29 is 4.79 Å². The first-order valence-corrected chi connectivity index (χ1v) is 8.91. The molecule has 0 aliphatic carbocycles. The summed E-state index contributed by atoms with van der Waals surface area (Å²) in [7, 11) is 1.85. The van der Waals surface area contributed by atoms with Gasteiger partial charge in [0.1, 0.15) is 16.7 Å². The highest BCUT2D eigenvalue weighted by molar-refractivity contribution is 9.10. The van der Waals surface area contributed by atoms with Crippen LogP contribution in [-0.2, 0) is 18.3 Å². The van der Waals surface area contributed by atoms with E-state index in [0.717, 1.165) is 28.8 Å². The Morgan fingerprint density at radius 1 is 1.28 bits per heavy atom. The van der Waals surface area contributed by atoms with Crippen LogP contribution in [0.3, 0.4) is 0 Å². The molecule has 0 saturated carbocycles. The quantitative estimate of drug-likeness (QED) is 0.730. The van der Waals surface area contributed by atoms with Crippen molar-refractivity contribution in [1.82, 2.24) is 19.7 Å². The number of hydrogen-bond acceptors (Lipinski definition) is 5. The number of benzene rings is 1. The Bertz CT molecular complexity index is 983. The molecule has 3 aromatic rings. The molecule has 0 atom stereocenters. The molecule has 2 aromatic heterocycles. The van der Waals surface area contributed by atoms with Gasteiger partial charge in [0.15, 0.2) is 5.65 Å². The SMILES string of the molecule is CCN1C(=O)CCc2cc(Nc3ncnc4c3c(Br)nn4C)ccc21. The number of amides is 1. The Labute approximate surface area is 153 Å². The fraction of sp³-hybridized carbons (Fsp3) is 0.294. The summed E-state index contributed by atoms with van der Waals surface area (Å²) in [5, 5.41) is 8.54. The standard InChI is InChI=1S/C17H17BrN6O/c1-3-24-12-6-5-11(8-10(12)4-7-13(24)25)21-16-14-15(18)22-23(2)17(14)20-9-19-16/h5-6,8-9H,3-4,7H2,1-2H3,(H,19,20,21). The molecule has 0 bridgehead atoms. The van der Waals surface area contributed by atoms with Crippen molar-refractivity contribution in [3.63, 3.8) is 0 Å². The van der Waals surface area contributed by atoms with E-state index in [4.69, 9.17) is 0 Å². The zero-order valence-electron chi connectivity index (χ0n) is 14.0. The minimum atomic E-state index is 0.188. The van der Waals surface area contributed by atoms with E-state index in [0.29, 0.717) is 23.4 Å². The van der Waals surface area contributed by atoms with Crippen molar-refractivity contribution in [3.8, 4) is 0 Å².